The van der Waals surface area contributed by atoms with Gasteiger partial charge in [0.2, 0.25) is 0 Å². The van der Waals surface area contributed by atoms with Crippen LogP contribution in [0.5, 0.6) is 0 Å². The Hall–Kier alpha value is -1.37. The Morgan fingerprint density at radius 3 is 2.38 bits per heavy atom. The molecule has 42 valence electrons. The first-order valence-electron chi connectivity index (χ1n) is 1.66. The summed E-state index contributed by atoms with van der Waals surface area (Å²) < 4.78 is 11.1. The number of carbonyl (C=O) groups is 1. The molecule has 0 aliphatic rings. The Labute approximate surface area is 44.7 Å². The number of carboxylic acids is 1. The van der Waals surface area contributed by atoms with Gasteiger partial charge in [0.15, 0.2) is 5.57 Å². The van der Waals surface area contributed by atoms with Gasteiger partial charge in [0.25, 0.3) is 0 Å². The predicted molar refractivity (Wildman–Crippen MR) is 22.4 cm³/mol. The lowest BCUT2D eigenvalue weighted by atomic mass is 10.3. The summed E-state index contributed by atoms with van der Waals surface area (Å²) in [6, 6.07) is 1.14. The number of nitriles is 1. The standard InChI is InChI=1S/C4H2FNO2/c5-1-3(2-6)4(7)8/h1H,(H,7,8). The van der Waals surface area contributed by atoms with Crippen molar-refractivity contribution in [1.29, 1.82) is 5.26 Å². The molecule has 0 heterocycles. The van der Waals surface area contributed by atoms with Crippen molar-refractivity contribution in [3.63, 3.8) is 0 Å². The van der Waals surface area contributed by atoms with Gasteiger partial charge in [-0.05, 0) is 0 Å². The van der Waals surface area contributed by atoms with Crippen LogP contribution in [0.3, 0.4) is 0 Å². The molecule has 0 saturated heterocycles. The minimum atomic E-state index is -1.55. The van der Waals surface area contributed by atoms with Gasteiger partial charge in [-0.15, -0.1) is 0 Å². The van der Waals surface area contributed by atoms with Crippen molar-refractivity contribution in [3.8, 4) is 6.07 Å². The van der Waals surface area contributed by atoms with Gasteiger partial charge in [-0.3, -0.25) is 0 Å². The van der Waals surface area contributed by atoms with Gasteiger partial charge in [0, 0.05) is 0 Å². The number of carboxylic acid groups (broad SMARTS) is 1. The third kappa shape index (κ3) is 1.39. The topological polar surface area (TPSA) is 61.1 Å². The van der Waals surface area contributed by atoms with E-state index in [1.807, 2.05) is 0 Å². The molecule has 4 heteroatoms. The molecule has 1 N–H and O–H groups in total. The van der Waals surface area contributed by atoms with E-state index in [1.165, 1.54) is 0 Å². The van der Waals surface area contributed by atoms with E-state index in [0.717, 1.165) is 6.07 Å². The molecule has 8 heavy (non-hydrogen) atoms. The Balaban J connectivity index is 4.20. The molecule has 0 rings (SSSR count). The van der Waals surface area contributed by atoms with Crippen LogP contribution in [0.1, 0.15) is 0 Å². The molecule has 3 nitrogen and oxygen atoms in total. The van der Waals surface area contributed by atoms with Crippen molar-refractivity contribution >= 4 is 5.97 Å². The van der Waals surface area contributed by atoms with E-state index < -0.39 is 11.5 Å². The summed E-state index contributed by atoms with van der Waals surface area (Å²) >= 11 is 0. The van der Waals surface area contributed by atoms with E-state index in [4.69, 9.17) is 10.4 Å². The van der Waals surface area contributed by atoms with Crippen LogP contribution in [-0.2, 0) is 4.79 Å². The largest absolute Gasteiger partial charge is 0.477 e. The average molecular weight is 115 g/mol. The van der Waals surface area contributed by atoms with E-state index in [-0.39, 0.29) is 6.33 Å². The van der Waals surface area contributed by atoms with Gasteiger partial charge < -0.3 is 5.11 Å². The fourth-order valence-corrected chi connectivity index (χ4v) is 0.119. The third-order valence-corrected chi connectivity index (χ3v) is 0.460. The summed E-state index contributed by atoms with van der Waals surface area (Å²) in [5.41, 5.74) is -0.884. The Morgan fingerprint density at radius 2 is 2.38 bits per heavy atom. The van der Waals surface area contributed by atoms with Crippen molar-refractivity contribution in [1.82, 2.24) is 0 Å². The lowest BCUT2D eigenvalue weighted by Crippen LogP contribution is -1.95. The SMILES string of the molecule is N#CC(=CF)C(=O)O. The van der Waals surface area contributed by atoms with Crippen LogP contribution >= 0.6 is 0 Å². The second-order valence-electron chi connectivity index (χ2n) is 0.940. The molecule has 0 unspecified atom stereocenters. The van der Waals surface area contributed by atoms with Gasteiger partial charge in [0.05, 0.1) is 0 Å². The van der Waals surface area contributed by atoms with Crippen LogP contribution in [0.15, 0.2) is 11.9 Å². The molecule has 0 atom stereocenters. The molecule has 0 bridgehead atoms. The summed E-state index contributed by atoms with van der Waals surface area (Å²) in [6.07, 6.45) is -0.248. The number of hydrogen-bond acceptors (Lipinski definition) is 2. The maximum Gasteiger partial charge on any atom is 0.348 e. The molecule has 0 fully saturated rings. The summed E-state index contributed by atoms with van der Waals surface area (Å²) in [4.78, 5) is 9.63. The quantitative estimate of drug-likeness (QED) is 0.398. The first-order valence-corrected chi connectivity index (χ1v) is 1.66. The highest BCUT2D eigenvalue weighted by Gasteiger charge is 2.03. The van der Waals surface area contributed by atoms with Crippen LogP contribution in [0.4, 0.5) is 4.39 Å². The molecule has 0 aromatic rings. The lowest BCUT2D eigenvalue weighted by molar-refractivity contribution is -0.132. The normalized spacial score (nSPS) is 10.2. The van der Waals surface area contributed by atoms with Crippen LogP contribution < -0.4 is 0 Å². The Morgan fingerprint density at radius 1 is 1.88 bits per heavy atom. The first kappa shape index (κ1) is 6.63. The van der Waals surface area contributed by atoms with Crippen molar-refractivity contribution in [2.75, 3.05) is 0 Å². The summed E-state index contributed by atoms with van der Waals surface area (Å²) in [5.74, 6) is -1.55. The highest BCUT2D eigenvalue weighted by Crippen LogP contribution is 1.90. The molecule has 0 saturated carbocycles. The molecule has 0 aromatic carbocycles. The fraction of sp³-hybridized carbons (Fsp3) is 0. The minimum Gasteiger partial charge on any atom is -0.477 e. The predicted octanol–water partition coefficient (Wildman–Crippen LogP) is 0.448. The monoisotopic (exact) mass is 115 g/mol. The summed E-state index contributed by atoms with van der Waals surface area (Å²) in [5, 5.41) is 15.6. The highest BCUT2D eigenvalue weighted by atomic mass is 19.1. The zero-order valence-corrected chi connectivity index (χ0v) is 3.76. The Kier molecular flexibility index (Phi) is 2.28. The van der Waals surface area contributed by atoms with Gasteiger partial charge >= 0.3 is 5.97 Å². The second-order valence-corrected chi connectivity index (χ2v) is 0.940. The van der Waals surface area contributed by atoms with E-state index >= 15 is 0 Å². The molecule has 0 radical (unpaired) electrons. The minimum absolute atomic E-state index is 0.248. The maximum absolute atomic E-state index is 11.1. The smallest absolute Gasteiger partial charge is 0.348 e. The Bertz CT molecular complexity index is 167. The maximum atomic E-state index is 11.1. The molecule has 0 amide bonds. The van der Waals surface area contributed by atoms with Crippen molar-refractivity contribution in [3.05, 3.63) is 11.9 Å². The van der Waals surface area contributed by atoms with Crippen LogP contribution in [0, 0.1) is 11.3 Å². The molecular weight excluding hydrogens is 113 g/mol. The summed E-state index contributed by atoms with van der Waals surface area (Å²) in [6.45, 7) is 0. The van der Waals surface area contributed by atoms with E-state index in [0.29, 0.717) is 0 Å². The van der Waals surface area contributed by atoms with Gasteiger partial charge in [-0.25, -0.2) is 9.18 Å². The van der Waals surface area contributed by atoms with Crippen LogP contribution in [0.25, 0.3) is 0 Å². The van der Waals surface area contributed by atoms with Crippen LogP contribution in [0.2, 0.25) is 0 Å². The second kappa shape index (κ2) is 2.75. The molecule has 0 aliphatic carbocycles. The van der Waals surface area contributed by atoms with Gasteiger partial charge in [-0.2, -0.15) is 5.26 Å². The fourth-order valence-electron chi connectivity index (χ4n) is 0.119. The van der Waals surface area contributed by atoms with Crippen molar-refractivity contribution in [2.45, 2.75) is 0 Å². The highest BCUT2D eigenvalue weighted by molar-refractivity contribution is 5.90. The number of halogens is 1. The van der Waals surface area contributed by atoms with E-state index in [2.05, 4.69) is 0 Å². The number of nitrogens with zero attached hydrogens (tertiary/aromatic N) is 1. The first-order chi connectivity index (χ1) is 3.72. The van der Waals surface area contributed by atoms with Crippen molar-refractivity contribution in [2.24, 2.45) is 0 Å². The van der Waals surface area contributed by atoms with Gasteiger partial charge in [0.1, 0.15) is 12.4 Å². The third-order valence-electron chi connectivity index (χ3n) is 0.460. The van der Waals surface area contributed by atoms with Gasteiger partial charge in [-0.1, -0.05) is 0 Å². The van der Waals surface area contributed by atoms with E-state index in [1.54, 1.807) is 0 Å². The average Bonchev–Trinajstić information content (AvgIpc) is 1.69. The number of aliphatic carboxylic acids is 1. The molecule has 0 aromatic heterocycles. The number of rotatable bonds is 1. The summed E-state index contributed by atoms with van der Waals surface area (Å²) in [7, 11) is 0. The number of hydrogen-bond donors (Lipinski definition) is 1. The van der Waals surface area contributed by atoms with Crippen molar-refractivity contribution < 1.29 is 14.3 Å². The van der Waals surface area contributed by atoms with Crippen LogP contribution in [-0.4, -0.2) is 11.1 Å². The molecule has 0 spiro atoms. The zero-order valence-electron chi connectivity index (χ0n) is 3.76. The molecule has 0 aliphatic heterocycles. The lowest BCUT2D eigenvalue weighted by Gasteiger charge is -1.78. The zero-order chi connectivity index (χ0) is 6.57. The van der Waals surface area contributed by atoms with E-state index in [9.17, 15) is 9.18 Å². The molecular formula is C4H2FNO2.